The number of rotatable bonds is 2. The molecular weight excluding hydrogens is 155 g/mol. The van der Waals surface area contributed by atoms with Gasteiger partial charge >= 0.3 is 7.12 Å². The van der Waals surface area contributed by atoms with Crippen LogP contribution in [0.3, 0.4) is 0 Å². The molecule has 0 aliphatic carbocycles. The SMILES string of the molecule is N=Cc1ccc(B(O)O)cc1N. The van der Waals surface area contributed by atoms with E-state index in [4.69, 9.17) is 21.2 Å². The number of hydrogen-bond acceptors (Lipinski definition) is 4. The molecule has 0 spiro atoms. The smallest absolute Gasteiger partial charge is 0.423 e. The number of nitrogens with two attached hydrogens (primary N) is 1. The van der Waals surface area contributed by atoms with E-state index in [0.717, 1.165) is 6.21 Å². The summed E-state index contributed by atoms with van der Waals surface area (Å²) in [6, 6.07) is 4.52. The van der Waals surface area contributed by atoms with Crippen molar-refractivity contribution in [1.82, 2.24) is 0 Å². The van der Waals surface area contributed by atoms with E-state index in [1.807, 2.05) is 0 Å². The van der Waals surface area contributed by atoms with Crippen LogP contribution in [-0.4, -0.2) is 23.4 Å². The van der Waals surface area contributed by atoms with Gasteiger partial charge in [-0.25, -0.2) is 0 Å². The number of benzene rings is 1. The first-order valence-corrected chi connectivity index (χ1v) is 3.41. The zero-order valence-electron chi connectivity index (χ0n) is 6.36. The van der Waals surface area contributed by atoms with Gasteiger partial charge in [0.1, 0.15) is 0 Å². The summed E-state index contributed by atoms with van der Waals surface area (Å²) in [5.41, 5.74) is 6.77. The van der Waals surface area contributed by atoms with Gasteiger partial charge in [0.2, 0.25) is 0 Å². The van der Waals surface area contributed by atoms with Crippen molar-refractivity contribution >= 4 is 24.5 Å². The van der Waals surface area contributed by atoms with Crippen molar-refractivity contribution in [3.05, 3.63) is 23.8 Å². The van der Waals surface area contributed by atoms with Crippen LogP contribution in [0.5, 0.6) is 0 Å². The van der Waals surface area contributed by atoms with E-state index < -0.39 is 7.12 Å². The minimum atomic E-state index is -1.51. The Morgan fingerprint density at radius 3 is 2.50 bits per heavy atom. The monoisotopic (exact) mass is 164 g/mol. The maximum absolute atomic E-state index is 8.75. The van der Waals surface area contributed by atoms with E-state index in [9.17, 15) is 0 Å². The molecule has 4 nitrogen and oxygen atoms in total. The normalized spacial score (nSPS) is 9.50. The predicted molar refractivity (Wildman–Crippen MR) is 48.6 cm³/mol. The second-order valence-electron chi connectivity index (χ2n) is 2.41. The fraction of sp³-hybridized carbons (Fsp3) is 0. The Hall–Kier alpha value is -1.33. The lowest BCUT2D eigenvalue weighted by Crippen LogP contribution is -2.30. The summed E-state index contributed by atoms with van der Waals surface area (Å²) in [7, 11) is -1.51. The van der Waals surface area contributed by atoms with E-state index in [0.29, 0.717) is 16.7 Å². The third kappa shape index (κ3) is 1.64. The van der Waals surface area contributed by atoms with Crippen molar-refractivity contribution in [2.24, 2.45) is 0 Å². The van der Waals surface area contributed by atoms with Crippen molar-refractivity contribution in [3.63, 3.8) is 0 Å². The third-order valence-corrected chi connectivity index (χ3v) is 1.56. The summed E-state index contributed by atoms with van der Waals surface area (Å²) in [5.74, 6) is 0. The molecule has 0 radical (unpaired) electrons. The van der Waals surface area contributed by atoms with Crippen LogP contribution in [0.1, 0.15) is 5.56 Å². The van der Waals surface area contributed by atoms with E-state index in [1.54, 1.807) is 6.07 Å². The number of anilines is 1. The Morgan fingerprint density at radius 2 is 2.08 bits per heavy atom. The van der Waals surface area contributed by atoms with Crippen molar-refractivity contribution in [3.8, 4) is 0 Å². The van der Waals surface area contributed by atoms with E-state index in [-0.39, 0.29) is 0 Å². The van der Waals surface area contributed by atoms with Crippen LogP contribution in [-0.2, 0) is 0 Å². The van der Waals surface area contributed by atoms with Gasteiger partial charge in [-0.2, -0.15) is 0 Å². The molecule has 0 amide bonds. The number of nitrogens with one attached hydrogen (secondary N) is 1. The Morgan fingerprint density at radius 1 is 1.42 bits per heavy atom. The Kier molecular flexibility index (Phi) is 2.47. The lowest BCUT2D eigenvalue weighted by molar-refractivity contribution is 0.426. The fourth-order valence-electron chi connectivity index (χ4n) is 0.885. The van der Waals surface area contributed by atoms with Crippen molar-refractivity contribution in [1.29, 1.82) is 5.41 Å². The molecule has 0 saturated heterocycles. The molecule has 5 N–H and O–H groups in total. The summed E-state index contributed by atoms with van der Waals surface area (Å²) in [5, 5.41) is 24.4. The zero-order valence-corrected chi connectivity index (χ0v) is 6.36. The van der Waals surface area contributed by atoms with Gasteiger partial charge in [0, 0.05) is 17.5 Å². The Balaban J connectivity index is 3.10. The summed E-state index contributed by atoms with van der Waals surface area (Å²) in [6.45, 7) is 0. The molecule has 1 aromatic carbocycles. The molecule has 0 aliphatic heterocycles. The van der Waals surface area contributed by atoms with Gasteiger partial charge < -0.3 is 21.2 Å². The fourth-order valence-corrected chi connectivity index (χ4v) is 0.885. The molecule has 62 valence electrons. The second kappa shape index (κ2) is 3.38. The minimum Gasteiger partial charge on any atom is -0.423 e. The van der Waals surface area contributed by atoms with Crippen LogP contribution in [0.2, 0.25) is 0 Å². The highest BCUT2D eigenvalue weighted by Crippen LogP contribution is 2.05. The molecule has 0 unspecified atom stereocenters. The van der Waals surface area contributed by atoms with Gasteiger partial charge in [-0.05, 0) is 11.5 Å². The first kappa shape index (κ1) is 8.77. The van der Waals surface area contributed by atoms with Gasteiger partial charge in [-0.1, -0.05) is 12.1 Å². The summed E-state index contributed by atoms with van der Waals surface area (Å²) >= 11 is 0. The number of hydrogen-bond donors (Lipinski definition) is 4. The van der Waals surface area contributed by atoms with Gasteiger partial charge in [0.05, 0.1) is 0 Å². The largest absolute Gasteiger partial charge is 0.488 e. The van der Waals surface area contributed by atoms with Gasteiger partial charge in [-0.3, -0.25) is 0 Å². The highest BCUT2D eigenvalue weighted by Gasteiger charge is 2.11. The molecule has 0 fully saturated rings. The van der Waals surface area contributed by atoms with Crippen LogP contribution < -0.4 is 11.2 Å². The Labute approximate surface area is 70.3 Å². The van der Waals surface area contributed by atoms with Crippen molar-refractivity contribution in [2.75, 3.05) is 5.73 Å². The van der Waals surface area contributed by atoms with E-state index in [1.165, 1.54) is 12.1 Å². The molecule has 12 heavy (non-hydrogen) atoms. The molecule has 0 heterocycles. The molecule has 1 aromatic rings. The number of nitrogen functional groups attached to an aromatic ring is 1. The Bertz CT molecular complexity index is 301. The molecule has 0 bridgehead atoms. The first-order valence-electron chi connectivity index (χ1n) is 3.41. The highest BCUT2D eigenvalue weighted by atomic mass is 16.4. The minimum absolute atomic E-state index is 0.332. The summed E-state index contributed by atoms with van der Waals surface area (Å²) in [6.07, 6.45) is 1.11. The van der Waals surface area contributed by atoms with Crippen molar-refractivity contribution < 1.29 is 10.0 Å². The first-order chi connectivity index (χ1) is 5.65. The van der Waals surface area contributed by atoms with E-state index >= 15 is 0 Å². The molecule has 0 saturated carbocycles. The average Bonchev–Trinajstić information content (AvgIpc) is 2.04. The standard InChI is InChI=1S/C7H9BN2O2/c9-4-5-1-2-6(8(11)12)3-7(5)10/h1-4,9,11-12H,10H2. The van der Waals surface area contributed by atoms with Crippen LogP contribution in [0, 0.1) is 5.41 Å². The highest BCUT2D eigenvalue weighted by molar-refractivity contribution is 6.58. The van der Waals surface area contributed by atoms with Crippen LogP contribution >= 0.6 is 0 Å². The molecule has 1 rings (SSSR count). The topological polar surface area (TPSA) is 90.3 Å². The van der Waals surface area contributed by atoms with Crippen LogP contribution in [0.15, 0.2) is 18.2 Å². The quantitative estimate of drug-likeness (QED) is 0.255. The average molecular weight is 164 g/mol. The van der Waals surface area contributed by atoms with E-state index in [2.05, 4.69) is 0 Å². The second-order valence-corrected chi connectivity index (χ2v) is 2.41. The van der Waals surface area contributed by atoms with Gasteiger partial charge in [0.25, 0.3) is 0 Å². The molecule has 5 heteroatoms. The van der Waals surface area contributed by atoms with Gasteiger partial charge in [-0.15, -0.1) is 0 Å². The molecule has 0 aromatic heterocycles. The lowest BCUT2D eigenvalue weighted by atomic mass is 9.80. The zero-order chi connectivity index (χ0) is 9.14. The summed E-state index contributed by atoms with van der Waals surface area (Å²) < 4.78 is 0. The maximum Gasteiger partial charge on any atom is 0.488 e. The maximum atomic E-state index is 8.75. The van der Waals surface area contributed by atoms with Crippen LogP contribution in [0.25, 0.3) is 0 Å². The van der Waals surface area contributed by atoms with Gasteiger partial charge in [0.15, 0.2) is 0 Å². The molecule has 0 atom stereocenters. The predicted octanol–water partition coefficient (Wildman–Crippen LogP) is -1.05. The summed E-state index contributed by atoms with van der Waals surface area (Å²) in [4.78, 5) is 0. The lowest BCUT2D eigenvalue weighted by Gasteiger charge is -2.02. The van der Waals surface area contributed by atoms with Crippen LogP contribution in [0.4, 0.5) is 5.69 Å². The third-order valence-electron chi connectivity index (χ3n) is 1.56. The molecule has 0 aliphatic rings. The van der Waals surface area contributed by atoms with Crippen molar-refractivity contribution in [2.45, 2.75) is 0 Å². The molecular formula is C7H9BN2O2.